The zero-order valence-corrected chi connectivity index (χ0v) is 9.54. The molecule has 0 rings (SSSR count). The second kappa shape index (κ2) is 5.70. The molecule has 0 bridgehead atoms. The van der Waals surface area contributed by atoms with E-state index in [9.17, 15) is 9.59 Å². The summed E-state index contributed by atoms with van der Waals surface area (Å²) >= 11 is 0. The maximum Gasteiger partial charge on any atom is 0.303 e. The summed E-state index contributed by atoms with van der Waals surface area (Å²) in [4.78, 5) is 21.8. The molecule has 15 heavy (non-hydrogen) atoms. The van der Waals surface area contributed by atoms with Gasteiger partial charge in [-0.05, 0) is 26.7 Å². The van der Waals surface area contributed by atoms with Gasteiger partial charge in [0.1, 0.15) is 0 Å². The topological polar surface area (TPSA) is 92.4 Å². The molecule has 4 N–H and O–H groups in total. The van der Waals surface area contributed by atoms with Gasteiger partial charge in [0.25, 0.3) is 0 Å². The molecule has 0 fully saturated rings. The minimum absolute atomic E-state index is 0.0364. The molecule has 0 saturated carbocycles. The van der Waals surface area contributed by atoms with Gasteiger partial charge in [0.15, 0.2) is 0 Å². The highest BCUT2D eigenvalue weighted by molar-refractivity contribution is 5.82. The van der Waals surface area contributed by atoms with Crippen molar-refractivity contribution in [2.24, 2.45) is 5.73 Å². The summed E-state index contributed by atoms with van der Waals surface area (Å²) in [5.41, 5.74) is 5.03. The lowest BCUT2D eigenvalue weighted by atomic mass is 9.97. The number of aliphatic carboxylic acids is 1. The largest absolute Gasteiger partial charge is 0.481 e. The number of carboxylic acid groups (broad SMARTS) is 1. The average Bonchev–Trinajstić information content (AvgIpc) is 2.13. The molecule has 0 heterocycles. The normalized spacial score (nSPS) is 13.3. The number of hydrogen-bond donors (Lipinski definition) is 3. The maximum absolute atomic E-state index is 11.5. The molecule has 0 aromatic rings. The van der Waals surface area contributed by atoms with E-state index in [-0.39, 0.29) is 12.3 Å². The standard InChI is InChI=1S/C10H20N2O3/c1-4-7(11)9(15)12-10(2,3)6-5-8(13)14/h7H,4-6,11H2,1-3H3,(H,12,15)(H,13,14). The SMILES string of the molecule is CCC(N)C(=O)NC(C)(C)CCC(=O)O. The Balaban J connectivity index is 4.12. The van der Waals surface area contributed by atoms with Gasteiger partial charge < -0.3 is 16.2 Å². The van der Waals surface area contributed by atoms with Crippen molar-refractivity contribution >= 4 is 11.9 Å². The number of nitrogens with two attached hydrogens (primary N) is 1. The van der Waals surface area contributed by atoms with E-state index in [0.717, 1.165) is 0 Å². The fraction of sp³-hybridized carbons (Fsp3) is 0.800. The molecule has 0 aliphatic heterocycles. The first-order chi connectivity index (χ1) is 6.78. The Morgan fingerprint density at radius 3 is 2.40 bits per heavy atom. The minimum Gasteiger partial charge on any atom is -0.481 e. The predicted molar refractivity (Wildman–Crippen MR) is 57.4 cm³/mol. The molecule has 0 saturated heterocycles. The quantitative estimate of drug-likeness (QED) is 0.602. The van der Waals surface area contributed by atoms with E-state index in [1.165, 1.54) is 0 Å². The lowest BCUT2D eigenvalue weighted by Crippen LogP contribution is -2.50. The molecule has 0 aromatic heterocycles. The molecule has 0 aromatic carbocycles. The van der Waals surface area contributed by atoms with E-state index >= 15 is 0 Å². The molecule has 0 aliphatic rings. The third kappa shape index (κ3) is 6.06. The summed E-state index contributed by atoms with van der Waals surface area (Å²) in [6.07, 6.45) is 1.000. The van der Waals surface area contributed by atoms with Crippen LogP contribution in [0.25, 0.3) is 0 Å². The molecule has 88 valence electrons. The van der Waals surface area contributed by atoms with E-state index < -0.39 is 17.6 Å². The van der Waals surface area contributed by atoms with Crippen molar-refractivity contribution in [3.63, 3.8) is 0 Å². The lowest BCUT2D eigenvalue weighted by Gasteiger charge is -2.27. The van der Waals surface area contributed by atoms with Crippen LogP contribution in [0.3, 0.4) is 0 Å². The van der Waals surface area contributed by atoms with Crippen LogP contribution >= 0.6 is 0 Å². The molecule has 0 aliphatic carbocycles. The van der Waals surface area contributed by atoms with E-state index in [4.69, 9.17) is 10.8 Å². The van der Waals surface area contributed by atoms with Gasteiger partial charge in [-0.3, -0.25) is 9.59 Å². The maximum atomic E-state index is 11.5. The van der Waals surface area contributed by atoms with Crippen molar-refractivity contribution in [1.29, 1.82) is 0 Å². The number of carbonyl (C=O) groups excluding carboxylic acids is 1. The van der Waals surface area contributed by atoms with Crippen molar-refractivity contribution < 1.29 is 14.7 Å². The van der Waals surface area contributed by atoms with Crippen molar-refractivity contribution in [2.45, 2.75) is 51.6 Å². The van der Waals surface area contributed by atoms with Gasteiger partial charge in [-0.2, -0.15) is 0 Å². The van der Waals surface area contributed by atoms with Crippen LogP contribution in [-0.2, 0) is 9.59 Å². The van der Waals surface area contributed by atoms with Crippen LogP contribution in [-0.4, -0.2) is 28.6 Å². The van der Waals surface area contributed by atoms with Gasteiger partial charge in [-0.1, -0.05) is 6.92 Å². The van der Waals surface area contributed by atoms with Crippen LogP contribution in [0.4, 0.5) is 0 Å². The average molecular weight is 216 g/mol. The molecule has 1 atom stereocenters. The van der Waals surface area contributed by atoms with Crippen LogP contribution in [0.2, 0.25) is 0 Å². The van der Waals surface area contributed by atoms with E-state index in [0.29, 0.717) is 12.8 Å². The van der Waals surface area contributed by atoms with Crippen LogP contribution in [0, 0.1) is 0 Å². The van der Waals surface area contributed by atoms with Crippen LogP contribution in [0.5, 0.6) is 0 Å². The van der Waals surface area contributed by atoms with E-state index in [2.05, 4.69) is 5.32 Å². The Hall–Kier alpha value is -1.10. The van der Waals surface area contributed by atoms with Gasteiger partial charge in [-0.25, -0.2) is 0 Å². The molecular formula is C10H20N2O3. The first-order valence-corrected chi connectivity index (χ1v) is 5.08. The van der Waals surface area contributed by atoms with Gasteiger partial charge in [0.05, 0.1) is 6.04 Å². The predicted octanol–water partition coefficient (Wildman–Crippen LogP) is 0.483. The number of nitrogens with one attached hydrogen (secondary N) is 1. The molecule has 0 spiro atoms. The summed E-state index contributed by atoms with van der Waals surface area (Å²) < 4.78 is 0. The molecule has 5 nitrogen and oxygen atoms in total. The molecular weight excluding hydrogens is 196 g/mol. The Bertz CT molecular complexity index is 239. The van der Waals surface area contributed by atoms with Crippen molar-refractivity contribution in [3.8, 4) is 0 Å². The van der Waals surface area contributed by atoms with Crippen molar-refractivity contribution in [3.05, 3.63) is 0 Å². The summed E-state index contributed by atoms with van der Waals surface area (Å²) in [5, 5.41) is 11.3. The number of amides is 1. The second-order valence-corrected chi connectivity index (χ2v) is 4.28. The highest BCUT2D eigenvalue weighted by atomic mass is 16.4. The summed E-state index contributed by atoms with van der Waals surface area (Å²) in [5.74, 6) is -1.09. The van der Waals surface area contributed by atoms with Gasteiger partial charge in [0.2, 0.25) is 5.91 Å². The Kier molecular flexibility index (Phi) is 5.28. The number of rotatable bonds is 6. The Morgan fingerprint density at radius 2 is 2.00 bits per heavy atom. The molecule has 1 unspecified atom stereocenters. The number of carboxylic acids is 1. The summed E-state index contributed by atoms with van der Waals surface area (Å²) in [6.45, 7) is 5.40. The van der Waals surface area contributed by atoms with Gasteiger partial charge >= 0.3 is 5.97 Å². The van der Waals surface area contributed by atoms with Crippen LogP contribution in [0.15, 0.2) is 0 Å². The Labute approximate surface area is 90.0 Å². The first-order valence-electron chi connectivity index (χ1n) is 5.08. The van der Waals surface area contributed by atoms with Crippen molar-refractivity contribution in [2.75, 3.05) is 0 Å². The third-order valence-corrected chi connectivity index (χ3v) is 2.20. The zero-order valence-electron chi connectivity index (χ0n) is 9.54. The molecule has 0 radical (unpaired) electrons. The second-order valence-electron chi connectivity index (χ2n) is 4.28. The first kappa shape index (κ1) is 13.9. The Morgan fingerprint density at radius 1 is 1.47 bits per heavy atom. The van der Waals surface area contributed by atoms with Gasteiger partial charge in [-0.15, -0.1) is 0 Å². The van der Waals surface area contributed by atoms with E-state index in [1.54, 1.807) is 13.8 Å². The smallest absolute Gasteiger partial charge is 0.303 e. The third-order valence-electron chi connectivity index (χ3n) is 2.20. The van der Waals surface area contributed by atoms with Crippen molar-refractivity contribution in [1.82, 2.24) is 5.32 Å². The fourth-order valence-corrected chi connectivity index (χ4v) is 1.09. The van der Waals surface area contributed by atoms with Crippen LogP contribution in [0.1, 0.15) is 40.0 Å². The van der Waals surface area contributed by atoms with Crippen LogP contribution < -0.4 is 11.1 Å². The minimum atomic E-state index is -0.864. The number of hydrogen-bond acceptors (Lipinski definition) is 3. The summed E-state index contributed by atoms with van der Waals surface area (Å²) in [7, 11) is 0. The zero-order chi connectivity index (χ0) is 12.1. The molecule has 1 amide bonds. The highest BCUT2D eigenvalue weighted by Crippen LogP contribution is 2.11. The lowest BCUT2D eigenvalue weighted by molar-refractivity contribution is -0.137. The highest BCUT2D eigenvalue weighted by Gasteiger charge is 2.23. The number of carbonyl (C=O) groups is 2. The molecule has 5 heteroatoms. The van der Waals surface area contributed by atoms with Gasteiger partial charge in [0, 0.05) is 12.0 Å². The van der Waals surface area contributed by atoms with E-state index in [1.807, 2.05) is 6.92 Å². The summed E-state index contributed by atoms with van der Waals surface area (Å²) in [6, 6.07) is -0.519. The fourth-order valence-electron chi connectivity index (χ4n) is 1.09. The monoisotopic (exact) mass is 216 g/mol.